The standard InChI is InChI=1S/C22H20F2N6O2/c1-3-32-22(31)14-9-18(29-8-7-13(23)10-29)28-30-11-17(26-21(14)30)19-12(2)25-16-6-4-5-15(24)20(16)27-19/h4-6,9,11,13H,3,7-8,10H2,1-2H3/t13-/m1/s1. The number of hydrogen-bond acceptors (Lipinski definition) is 7. The van der Waals surface area contributed by atoms with E-state index in [1.54, 1.807) is 43.1 Å². The first-order valence-electron chi connectivity index (χ1n) is 10.3. The second kappa shape index (κ2) is 7.77. The quantitative estimate of drug-likeness (QED) is 0.451. The fraction of sp³-hybridized carbons (Fsp3) is 0.318. The molecule has 1 aliphatic rings. The third-order valence-corrected chi connectivity index (χ3v) is 5.43. The molecule has 0 amide bonds. The summed E-state index contributed by atoms with van der Waals surface area (Å²) in [5.74, 6) is -0.582. The summed E-state index contributed by atoms with van der Waals surface area (Å²) in [6, 6.07) is 6.15. The SMILES string of the molecule is CCOC(=O)c1cc(N2CC[C@@H](F)C2)nn2cc(-c3nc4c(F)cccc4nc3C)nc12. The van der Waals surface area contributed by atoms with Gasteiger partial charge in [0.25, 0.3) is 0 Å². The first-order chi connectivity index (χ1) is 15.4. The summed E-state index contributed by atoms with van der Waals surface area (Å²) in [4.78, 5) is 27.9. The van der Waals surface area contributed by atoms with Gasteiger partial charge in [-0.15, -0.1) is 5.10 Å². The molecule has 0 radical (unpaired) electrons. The molecule has 3 aromatic heterocycles. The van der Waals surface area contributed by atoms with Crippen LogP contribution in [0.3, 0.4) is 0 Å². The number of ether oxygens (including phenoxy) is 1. The van der Waals surface area contributed by atoms with E-state index >= 15 is 0 Å². The summed E-state index contributed by atoms with van der Waals surface area (Å²) < 4.78 is 34.7. The highest BCUT2D eigenvalue weighted by Crippen LogP contribution is 2.27. The highest BCUT2D eigenvalue weighted by atomic mass is 19.1. The van der Waals surface area contributed by atoms with Gasteiger partial charge in [0, 0.05) is 12.6 Å². The second-order valence-electron chi connectivity index (χ2n) is 7.63. The van der Waals surface area contributed by atoms with Crippen LogP contribution < -0.4 is 4.90 Å². The molecule has 1 aromatic carbocycles. The summed E-state index contributed by atoms with van der Waals surface area (Å²) in [5, 5.41) is 4.53. The highest BCUT2D eigenvalue weighted by molar-refractivity contribution is 5.97. The summed E-state index contributed by atoms with van der Waals surface area (Å²) in [6.07, 6.45) is 1.07. The van der Waals surface area contributed by atoms with Crippen molar-refractivity contribution in [1.82, 2.24) is 24.6 Å². The molecule has 8 nitrogen and oxygen atoms in total. The van der Waals surface area contributed by atoms with Gasteiger partial charge < -0.3 is 9.64 Å². The van der Waals surface area contributed by atoms with Crippen molar-refractivity contribution in [2.24, 2.45) is 0 Å². The molecule has 0 aliphatic carbocycles. The van der Waals surface area contributed by atoms with E-state index in [9.17, 15) is 13.6 Å². The zero-order chi connectivity index (χ0) is 22.4. The molecule has 0 bridgehead atoms. The third kappa shape index (κ3) is 3.41. The fourth-order valence-electron chi connectivity index (χ4n) is 3.89. The molecule has 164 valence electrons. The molecule has 1 fully saturated rings. The number of aryl methyl sites for hydroxylation is 1. The molecule has 4 heterocycles. The lowest BCUT2D eigenvalue weighted by Gasteiger charge is -2.17. The summed E-state index contributed by atoms with van der Waals surface area (Å²) >= 11 is 0. The largest absolute Gasteiger partial charge is 0.462 e. The number of esters is 1. The van der Waals surface area contributed by atoms with Gasteiger partial charge in [-0.2, -0.15) is 0 Å². The number of anilines is 1. The normalized spacial score (nSPS) is 16.2. The number of rotatable bonds is 4. The second-order valence-corrected chi connectivity index (χ2v) is 7.63. The summed E-state index contributed by atoms with van der Waals surface area (Å²) in [7, 11) is 0. The van der Waals surface area contributed by atoms with E-state index < -0.39 is 18.0 Å². The number of hydrogen-bond donors (Lipinski definition) is 0. The number of carbonyl (C=O) groups is 1. The van der Waals surface area contributed by atoms with Crippen LogP contribution in [0, 0.1) is 12.7 Å². The molecule has 0 saturated carbocycles. The minimum atomic E-state index is -0.942. The molecule has 0 N–H and O–H groups in total. The molecule has 0 spiro atoms. The van der Waals surface area contributed by atoms with Crippen molar-refractivity contribution in [1.29, 1.82) is 0 Å². The van der Waals surface area contributed by atoms with Gasteiger partial charge in [0.15, 0.2) is 17.3 Å². The number of benzene rings is 1. The predicted octanol–water partition coefficient (Wildman–Crippen LogP) is 3.51. The minimum absolute atomic E-state index is 0.135. The van der Waals surface area contributed by atoms with E-state index in [4.69, 9.17) is 4.74 Å². The lowest BCUT2D eigenvalue weighted by atomic mass is 10.2. The van der Waals surface area contributed by atoms with Gasteiger partial charge in [-0.25, -0.2) is 33.0 Å². The van der Waals surface area contributed by atoms with Crippen LogP contribution in [0.5, 0.6) is 0 Å². The van der Waals surface area contributed by atoms with Gasteiger partial charge in [0.1, 0.15) is 28.6 Å². The third-order valence-electron chi connectivity index (χ3n) is 5.43. The smallest absolute Gasteiger partial charge is 0.342 e. The Kier molecular flexibility index (Phi) is 4.91. The molecule has 4 aromatic rings. The zero-order valence-corrected chi connectivity index (χ0v) is 17.5. The van der Waals surface area contributed by atoms with Crippen LogP contribution in [0.2, 0.25) is 0 Å². The molecular weight excluding hydrogens is 418 g/mol. The van der Waals surface area contributed by atoms with Gasteiger partial charge in [-0.05, 0) is 32.4 Å². The van der Waals surface area contributed by atoms with Crippen molar-refractivity contribution < 1.29 is 18.3 Å². The molecule has 1 aliphatic heterocycles. The van der Waals surface area contributed by atoms with Crippen LogP contribution in [0.15, 0.2) is 30.5 Å². The van der Waals surface area contributed by atoms with Crippen LogP contribution in [-0.2, 0) is 4.74 Å². The van der Waals surface area contributed by atoms with E-state index in [-0.39, 0.29) is 29.9 Å². The van der Waals surface area contributed by atoms with Gasteiger partial charge in [0.2, 0.25) is 0 Å². The number of fused-ring (bicyclic) bond motifs is 2. The Hall–Kier alpha value is -3.69. The van der Waals surface area contributed by atoms with Crippen molar-refractivity contribution in [3.8, 4) is 11.4 Å². The number of nitrogens with zero attached hydrogens (tertiary/aromatic N) is 6. The molecule has 5 rings (SSSR count). The van der Waals surface area contributed by atoms with E-state index in [0.29, 0.717) is 41.4 Å². The predicted molar refractivity (Wildman–Crippen MR) is 114 cm³/mol. The molecule has 1 atom stereocenters. The minimum Gasteiger partial charge on any atom is -0.462 e. The van der Waals surface area contributed by atoms with Crippen LogP contribution >= 0.6 is 0 Å². The molecule has 10 heteroatoms. The molecule has 1 saturated heterocycles. The zero-order valence-electron chi connectivity index (χ0n) is 17.5. The van der Waals surface area contributed by atoms with E-state index in [0.717, 1.165) is 0 Å². The lowest BCUT2D eigenvalue weighted by Crippen LogP contribution is -2.23. The fourth-order valence-corrected chi connectivity index (χ4v) is 3.89. The first-order valence-corrected chi connectivity index (χ1v) is 10.3. The lowest BCUT2D eigenvalue weighted by molar-refractivity contribution is 0.0527. The Labute approximate surface area is 181 Å². The molecular formula is C22H20F2N6O2. The Morgan fingerprint density at radius 1 is 1.28 bits per heavy atom. The Morgan fingerprint density at radius 3 is 2.88 bits per heavy atom. The number of aromatic nitrogens is 5. The van der Waals surface area contributed by atoms with Gasteiger partial charge in [-0.3, -0.25) is 0 Å². The maximum atomic E-state index is 14.3. The summed E-state index contributed by atoms with van der Waals surface area (Å²) in [6.45, 7) is 4.37. The average molecular weight is 438 g/mol. The number of carbonyl (C=O) groups excluding carboxylic acids is 1. The van der Waals surface area contributed by atoms with Crippen molar-refractivity contribution in [3.63, 3.8) is 0 Å². The Balaban J connectivity index is 1.68. The number of alkyl halides is 1. The topological polar surface area (TPSA) is 85.5 Å². The first kappa shape index (κ1) is 20.2. The monoisotopic (exact) mass is 438 g/mol. The van der Waals surface area contributed by atoms with Crippen LogP contribution in [0.1, 0.15) is 29.4 Å². The Bertz CT molecular complexity index is 1360. The Morgan fingerprint density at radius 2 is 2.12 bits per heavy atom. The number of halogens is 2. The van der Waals surface area contributed by atoms with Crippen molar-refractivity contribution in [3.05, 3.63) is 47.5 Å². The summed E-state index contributed by atoms with van der Waals surface area (Å²) in [5.41, 5.74) is 2.39. The van der Waals surface area contributed by atoms with Crippen molar-refractivity contribution in [2.45, 2.75) is 26.4 Å². The molecule has 32 heavy (non-hydrogen) atoms. The number of imidazole rings is 1. The van der Waals surface area contributed by atoms with E-state index in [1.165, 1.54) is 10.6 Å². The van der Waals surface area contributed by atoms with Crippen molar-refractivity contribution in [2.75, 3.05) is 24.6 Å². The van der Waals surface area contributed by atoms with Crippen LogP contribution in [0.4, 0.5) is 14.6 Å². The van der Waals surface area contributed by atoms with Gasteiger partial charge in [-0.1, -0.05) is 6.07 Å². The highest BCUT2D eigenvalue weighted by Gasteiger charge is 2.26. The van der Waals surface area contributed by atoms with E-state index in [2.05, 4.69) is 20.1 Å². The van der Waals surface area contributed by atoms with Gasteiger partial charge in [0.05, 0.1) is 30.6 Å². The average Bonchev–Trinajstić information content (AvgIpc) is 3.39. The molecule has 0 unspecified atom stereocenters. The van der Waals surface area contributed by atoms with Crippen LogP contribution in [0.25, 0.3) is 28.1 Å². The number of para-hydroxylation sites is 1. The maximum Gasteiger partial charge on any atom is 0.342 e. The van der Waals surface area contributed by atoms with Gasteiger partial charge >= 0.3 is 5.97 Å². The van der Waals surface area contributed by atoms with Crippen molar-refractivity contribution >= 4 is 28.5 Å². The van der Waals surface area contributed by atoms with Crippen LogP contribution in [-0.4, -0.2) is 56.4 Å². The maximum absolute atomic E-state index is 14.3. The van der Waals surface area contributed by atoms with E-state index in [1.807, 2.05) is 0 Å².